The maximum Gasteiger partial charge on any atom is 0.251 e. The number of thioether (sulfide) groups is 2. The number of nitrogens with zero attached hydrogens (tertiary/aromatic N) is 5. The molecule has 0 atom stereocenters. The van der Waals surface area contributed by atoms with Gasteiger partial charge in [0.25, 0.3) is 5.91 Å². The fraction of sp³-hybridized carbons (Fsp3) is 0.250. The first kappa shape index (κ1) is 27.4. The van der Waals surface area contributed by atoms with E-state index in [4.69, 9.17) is 9.47 Å². The molecule has 2 amide bonds. The molecule has 0 aliphatic heterocycles. The lowest BCUT2D eigenvalue weighted by Gasteiger charge is -2.12. The molecule has 0 fully saturated rings. The Kier molecular flexibility index (Phi) is 9.56. The molecule has 0 saturated carbocycles. The van der Waals surface area contributed by atoms with Gasteiger partial charge in [-0.05, 0) is 30.0 Å². The van der Waals surface area contributed by atoms with Crippen LogP contribution in [0.25, 0.3) is 5.69 Å². The molecule has 38 heavy (non-hydrogen) atoms. The van der Waals surface area contributed by atoms with E-state index in [0.717, 1.165) is 15.8 Å². The van der Waals surface area contributed by atoms with E-state index in [2.05, 4.69) is 31.0 Å². The number of aromatic nitrogens is 5. The minimum Gasteiger partial charge on any atom is -0.497 e. The normalized spacial score (nSPS) is 10.7. The number of amides is 2. The van der Waals surface area contributed by atoms with Gasteiger partial charge in [0.1, 0.15) is 11.5 Å². The van der Waals surface area contributed by atoms with Gasteiger partial charge in [0.05, 0.1) is 26.5 Å². The van der Waals surface area contributed by atoms with Gasteiger partial charge in [0.15, 0.2) is 15.3 Å². The first-order chi connectivity index (χ1) is 18.5. The van der Waals surface area contributed by atoms with E-state index in [1.165, 1.54) is 37.3 Å². The SMILES string of the molecule is CCSc1nnc(NC(=O)CSc2nnc(CNC(=O)c3cc(OC)cc(OC)c3)n2-c2ccccc2)s1. The molecule has 0 aliphatic rings. The van der Waals surface area contributed by atoms with E-state index < -0.39 is 0 Å². The van der Waals surface area contributed by atoms with Crippen molar-refractivity contribution in [3.63, 3.8) is 0 Å². The number of nitrogens with one attached hydrogen (secondary N) is 2. The third kappa shape index (κ3) is 7.02. The number of rotatable bonds is 12. The highest BCUT2D eigenvalue weighted by molar-refractivity contribution is 8.01. The highest BCUT2D eigenvalue weighted by Gasteiger charge is 2.18. The maximum atomic E-state index is 12.9. The van der Waals surface area contributed by atoms with Crippen LogP contribution in [0.2, 0.25) is 0 Å². The van der Waals surface area contributed by atoms with Crippen LogP contribution in [-0.2, 0) is 11.3 Å². The molecule has 0 bridgehead atoms. The molecular formula is C24H25N7O4S3. The second-order valence-electron chi connectivity index (χ2n) is 7.50. The Morgan fingerprint density at radius 3 is 2.39 bits per heavy atom. The molecule has 14 heteroatoms. The van der Waals surface area contributed by atoms with Crippen LogP contribution in [0.4, 0.5) is 5.13 Å². The number of carbonyl (C=O) groups is 2. The Bertz CT molecular complexity index is 1370. The molecule has 0 spiro atoms. The molecule has 2 heterocycles. The summed E-state index contributed by atoms with van der Waals surface area (Å²) in [4.78, 5) is 25.4. The summed E-state index contributed by atoms with van der Waals surface area (Å²) in [7, 11) is 3.05. The number of hydrogen-bond donors (Lipinski definition) is 2. The molecule has 11 nitrogen and oxygen atoms in total. The molecule has 198 valence electrons. The molecule has 0 radical (unpaired) electrons. The topological polar surface area (TPSA) is 133 Å². The van der Waals surface area contributed by atoms with Crippen LogP contribution in [0.1, 0.15) is 23.1 Å². The third-order valence-electron chi connectivity index (χ3n) is 4.99. The molecule has 0 unspecified atom stereocenters. The number of hydrogen-bond acceptors (Lipinski definition) is 11. The zero-order chi connectivity index (χ0) is 26.9. The average molecular weight is 572 g/mol. The molecule has 4 rings (SSSR count). The summed E-state index contributed by atoms with van der Waals surface area (Å²) in [5.74, 6) is 1.94. The van der Waals surface area contributed by atoms with E-state index in [0.29, 0.717) is 33.2 Å². The highest BCUT2D eigenvalue weighted by Crippen LogP contribution is 2.26. The Labute approximate surface area is 231 Å². The average Bonchev–Trinajstić information content (AvgIpc) is 3.57. The second kappa shape index (κ2) is 13.3. The Balaban J connectivity index is 1.47. The van der Waals surface area contributed by atoms with Crippen molar-refractivity contribution in [3.05, 3.63) is 59.9 Å². The maximum absolute atomic E-state index is 12.9. The predicted molar refractivity (Wildman–Crippen MR) is 148 cm³/mol. The van der Waals surface area contributed by atoms with Crippen molar-refractivity contribution >= 4 is 51.8 Å². The summed E-state index contributed by atoms with van der Waals surface area (Å²) in [6.07, 6.45) is 0. The van der Waals surface area contributed by atoms with Crippen LogP contribution < -0.4 is 20.1 Å². The van der Waals surface area contributed by atoms with Crippen LogP contribution in [0.3, 0.4) is 0 Å². The van der Waals surface area contributed by atoms with Crippen molar-refractivity contribution in [1.29, 1.82) is 0 Å². The minimum atomic E-state index is -0.323. The molecule has 2 aromatic heterocycles. The zero-order valence-electron chi connectivity index (χ0n) is 20.8. The fourth-order valence-corrected chi connectivity index (χ4v) is 5.71. The highest BCUT2D eigenvalue weighted by atomic mass is 32.2. The summed E-state index contributed by atoms with van der Waals surface area (Å²) in [5.41, 5.74) is 1.19. The van der Waals surface area contributed by atoms with E-state index in [1.54, 1.807) is 30.0 Å². The lowest BCUT2D eigenvalue weighted by molar-refractivity contribution is -0.113. The van der Waals surface area contributed by atoms with Crippen LogP contribution in [0.5, 0.6) is 11.5 Å². The van der Waals surface area contributed by atoms with Crippen LogP contribution in [-0.4, -0.2) is 62.5 Å². The van der Waals surface area contributed by atoms with Crippen molar-refractivity contribution in [2.45, 2.75) is 23.0 Å². The number of methoxy groups -OCH3 is 2. The van der Waals surface area contributed by atoms with Gasteiger partial charge in [-0.2, -0.15) is 0 Å². The van der Waals surface area contributed by atoms with Gasteiger partial charge in [0, 0.05) is 17.3 Å². The summed E-state index contributed by atoms with van der Waals surface area (Å²) < 4.78 is 13.1. The zero-order valence-corrected chi connectivity index (χ0v) is 23.3. The monoisotopic (exact) mass is 571 g/mol. The largest absolute Gasteiger partial charge is 0.497 e. The summed E-state index contributed by atoms with van der Waals surface area (Å²) >= 11 is 4.13. The van der Waals surface area contributed by atoms with Crippen molar-refractivity contribution in [3.8, 4) is 17.2 Å². The van der Waals surface area contributed by atoms with Crippen molar-refractivity contribution in [1.82, 2.24) is 30.3 Å². The number of ether oxygens (including phenoxy) is 2. The van der Waals surface area contributed by atoms with Crippen LogP contribution in [0.15, 0.2) is 58.0 Å². The summed E-state index contributed by atoms with van der Waals surface area (Å²) in [6.45, 7) is 2.13. The smallest absolute Gasteiger partial charge is 0.251 e. The second-order valence-corrected chi connectivity index (χ2v) is 10.9. The van der Waals surface area contributed by atoms with Crippen molar-refractivity contribution in [2.24, 2.45) is 0 Å². The first-order valence-corrected chi connectivity index (χ1v) is 14.2. The molecule has 0 saturated heterocycles. The standard InChI is InChI=1S/C24H25N7O4S3/c1-4-36-24-30-28-22(38-24)26-20(32)14-37-23-29-27-19(31(23)16-8-6-5-7-9-16)13-25-21(33)15-10-17(34-2)12-18(11-15)35-3/h5-12H,4,13-14H2,1-3H3,(H,25,33)(H,26,28,32). The van der Waals surface area contributed by atoms with Gasteiger partial charge >= 0.3 is 0 Å². The Hall–Kier alpha value is -3.62. The van der Waals surface area contributed by atoms with Gasteiger partial charge in [-0.3, -0.25) is 19.5 Å². The van der Waals surface area contributed by atoms with Crippen LogP contribution >= 0.6 is 34.9 Å². The quantitative estimate of drug-likeness (QED) is 0.190. The molecule has 2 N–H and O–H groups in total. The number of para-hydroxylation sites is 1. The minimum absolute atomic E-state index is 0.0940. The molecule has 2 aromatic carbocycles. The lowest BCUT2D eigenvalue weighted by atomic mass is 10.2. The van der Waals surface area contributed by atoms with E-state index in [-0.39, 0.29) is 24.1 Å². The van der Waals surface area contributed by atoms with E-state index >= 15 is 0 Å². The van der Waals surface area contributed by atoms with Crippen molar-refractivity contribution in [2.75, 3.05) is 31.0 Å². The number of benzene rings is 2. The van der Waals surface area contributed by atoms with Crippen LogP contribution in [0, 0.1) is 0 Å². The summed E-state index contributed by atoms with van der Waals surface area (Å²) in [5, 5.41) is 23.2. The number of carbonyl (C=O) groups excluding carboxylic acids is 2. The number of anilines is 1. The third-order valence-corrected chi connectivity index (χ3v) is 7.77. The van der Waals surface area contributed by atoms with Gasteiger partial charge in [-0.25, -0.2) is 0 Å². The summed E-state index contributed by atoms with van der Waals surface area (Å²) in [6, 6.07) is 14.4. The molecule has 0 aliphatic carbocycles. The first-order valence-electron chi connectivity index (χ1n) is 11.4. The molecule has 4 aromatic rings. The van der Waals surface area contributed by atoms with Gasteiger partial charge in [0.2, 0.25) is 11.0 Å². The van der Waals surface area contributed by atoms with E-state index in [9.17, 15) is 9.59 Å². The van der Waals surface area contributed by atoms with Gasteiger partial charge in [-0.15, -0.1) is 20.4 Å². The van der Waals surface area contributed by atoms with E-state index in [1.807, 2.05) is 41.8 Å². The Morgan fingerprint density at radius 1 is 0.974 bits per heavy atom. The fourth-order valence-electron chi connectivity index (χ4n) is 3.27. The van der Waals surface area contributed by atoms with Gasteiger partial charge < -0.3 is 14.8 Å². The molecular weight excluding hydrogens is 547 g/mol. The van der Waals surface area contributed by atoms with Crippen molar-refractivity contribution < 1.29 is 19.1 Å². The lowest BCUT2D eigenvalue weighted by Crippen LogP contribution is -2.24. The Morgan fingerprint density at radius 2 is 1.71 bits per heavy atom. The van der Waals surface area contributed by atoms with Gasteiger partial charge in [-0.1, -0.05) is 60.0 Å². The predicted octanol–water partition coefficient (Wildman–Crippen LogP) is 3.91.